The summed E-state index contributed by atoms with van der Waals surface area (Å²) in [4.78, 5) is 15.9. The molecule has 0 bridgehead atoms. The molecule has 1 aromatic rings. The third-order valence-corrected chi connectivity index (χ3v) is 4.32. The van der Waals surface area contributed by atoms with E-state index in [-0.39, 0.29) is 34.7 Å². The molecule has 1 aromatic heterocycles. The summed E-state index contributed by atoms with van der Waals surface area (Å²) in [6.07, 6.45) is 3.39. The molecule has 0 amide bonds. The summed E-state index contributed by atoms with van der Waals surface area (Å²) < 4.78 is 7.83. The molecular weight excluding hydrogens is 278 g/mol. The van der Waals surface area contributed by atoms with Crippen molar-refractivity contribution in [3.8, 4) is 0 Å². The first kappa shape index (κ1) is 17.0. The third kappa shape index (κ3) is 3.88. The minimum absolute atomic E-state index is 0.134. The second kappa shape index (κ2) is 5.69. The molecule has 1 fully saturated rings. The van der Waals surface area contributed by atoms with Gasteiger partial charge < -0.3 is 10.5 Å². The van der Waals surface area contributed by atoms with Crippen LogP contribution in [0.2, 0.25) is 0 Å². The van der Waals surface area contributed by atoms with E-state index in [4.69, 9.17) is 10.5 Å². The van der Waals surface area contributed by atoms with E-state index in [1.807, 2.05) is 0 Å². The van der Waals surface area contributed by atoms with E-state index in [1.165, 1.54) is 0 Å². The van der Waals surface area contributed by atoms with E-state index in [2.05, 4.69) is 46.5 Å². The highest BCUT2D eigenvalue weighted by Gasteiger charge is 2.43. The average Bonchev–Trinajstić information content (AvgIpc) is 2.69. The summed E-state index contributed by atoms with van der Waals surface area (Å²) in [7, 11) is 0. The normalized spacial score (nSPS) is 26.4. The van der Waals surface area contributed by atoms with Crippen LogP contribution in [0.15, 0.2) is 17.1 Å². The summed E-state index contributed by atoms with van der Waals surface area (Å²) in [6, 6.07) is 1.65. The molecular formula is C17H29N3O2. The van der Waals surface area contributed by atoms with Crippen LogP contribution in [0, 0.1) is 16.7 Å². The predicted molar refractivity (Wildman–Crippen MR) is 88.5 cm³/mol. The molecule has 2 N–H and O–H groups in total. The first-order valence-electron chi connectivity index (χ1n) is 7.97. The lowest BCUT2D eigenvalue weighted by atomic mass is 9.73. The number of hydrogen-bond acceptors (Lipinski definition) is 4. The molecule has 22 heavy (non-hydrogen) atoms. The van der Waals surface area contributed by atoms with Gasteiger partial charge in [0.1, 0.15) is 12.0 Å². The molecule has 1 aliphatic heterocycles. The van der Waals surface area contributed by atoms with Gasteiger partial charge in [0.15, 0.2) is 0 Å². The zero-order valence-corrected chi connectivity index (χ0v) is 14.6. The summed E-state index contributed by atoms with van der Waals surface area (Å²) in [5, 5.41) is 0. The number of anilines is 1. The molecule has 5 heteroatoms. The van der Waals surface area contributed by atoms with Crippen molar-refractivity contribution in [3.63, 3.8) is 0 Å². The molecule has 0 radical (unpaired) electrons. The summed E-state index contributed by atoms with van der Waals surface area (Å²) in [5.41, 5.74) is 5.55. The molecule has 124 valence electrons. The second-order valence-corrected chi connectivity index (χ2v) is 8.64. The summed E-state index contributed by atoms with van der Waals surface area (Å²) in [5.74, 6) is 0.652. The highest BCUT2D eigenvalue weighted by Crippen LogP contribution is 2.46. The van der Waals surface area contributed by atoms with Gasteiger partial charge in [-0.05, 0) is 35.7 Å². The van der Waals surface area contributed by atoms with E-state index >= 15 is 0 Å². The topological polar surface area (TPSA) is 70.1 Å². The lowest BCUT2D eigenvalue weighted by Crippen LogP contribution is -2.31. The van der Waals surface area contributed by atoms with Gasteiger partial charge in [-0.3, -0.25) is 4.57 Å². The summed E-state index contributed by atoms with van der Waals surface area (Å²) in [6.45, 7) is 13.4. The molecule has 1 aliphatic rings. The number of rotatable bonds is 2. The smallest absolute Gasteiger partial charge is 0.351 e. The van der Waals surface area contributed by atoms with E-state index in [9.17, 15) is 4.79 Å². The zero-order chi connectivity index (χ0) is 16.7. The fourth-order valence-corrected chi connectivity index (χ4v) is 3.25. The Bertz CT molecular complexity index is 581. The van der Waals surface area contributed by atoms with Crippen molar-refractivity contribution in [2.24, 2.45) is 16.7 Å². The molecule has 3 atom stereocenters. The fraction of sp³-hybridized carbons (Fsp3) is 0.765. The van der Waals surface area contributed by atoms with Crippen molar-refractivity contribution in [2.75, 3.05) is 5.73 Å². The maximum absolute atomic E-state index is 12.1. The molecule has 5 nitrogen and oxygen atoms in total. The van der Waals surface area contributed by atoms with Crippen LogP contribution in [0.3, 0.4) is 0 Å². The van der Waals surface area contributed by atoms with Crippen LogP contribution in [0.5, 0.6) is 0 Å². The van der Waals surface area contributed by atoms with Gasteiger partial charge in [-0.2, -0.15) is 4.98 Å². The maximum atomic E-state index is 12.1. The van der Waals surface area contributed by atoms with Crippen molar-refractivity contribution < 1.29 is 4.74 Å². The number of ether oxygens (including phenoxy) is 1. The van der Waals surface area contributed by atoms with Gasteiger partial charge in [0.25, 0.3) is 0 Å². The van der Waals surface area contributed by atoms with Gasteiger partial charge in [0.2, 0.25) is 0 Å². The standard InChI is InChI=1S/C17H29N3O2/c1-16(2,3)10-12-11(17(4,5)6)9-14(22-12)20-8-7-13(18)19-15(20)21/h7-8,11-12,14H,9-10H2,1-6H3,(H2,18,19,21)/t11-,12-,14-/m1/s1. The lowest BCUT2D eigenvalue weighted by Gasteiger charge is -2.33. The molecule has 0 saturated carbocycles. The fourth-order valence-electron chi connectivity index (χ4n) is 3.25. The molecule has 2 heterocycles. The van der Waals surface area contributed by atoms with Gasteiger partial charge in [0, 0.05) is 6.20 Å². The van der Waals surface area contributed by atoms with Crippen LogP contribution >= 0.6 is 0 Å². The second-order valence-electron chi connectivity index (χ2n) is 8.64. The van der Waals surface area contributed by atoms with Gasteiger partial charge in [-0.25, -0.2) is 4.79 Å². The van der Waals surface area contributed by atoms with Crippen molar-refractivity contribution in [1.82, 2.24) is 9.55 Å². The first-order valence-corrected chi connectivity index (χ1v) is 7.97. The Kier molecular flexibility index (Phi) is 4.39. The number of nitrogens with zero attached hydrogens (tertiary/aromatic N) is 2. The quantitative estimate of drug-likeness (QED) is 0.910. The van der Waals surface area contributed by atoms with Gasteiger partial charge in [-0.1, -0.05) is 41.5 Å². The van der Waals surface area contributed by atoms with Crippen LogP contribution in [-0.2, 0) is 4.74 Å². The Hall–Kier alpha value is -1.36. The highest BCUT2D eigenvalue weighted by molar-refractivity contribution is 5.23. The van der Waals surface area contributed by atoms with Crippen LogP contribution in [0.4, 0.5) is 5.82 Å². The SMILES string of the molecule is CC(C)(C)C[C@H]1O[C@@H](n2ccc(N)nc2=O)C[C@H]1C(C)(C)C. The summed E-state index contributed by atoms with van der Waals surface area (Å²) >= 11 is 0. The Morgan fingerprint density at radius 1 is 1.32 bits per heavy atom. The molecule has 0 aromatic carbocycles. The van der Waals surface area contributed by atoms with Crippen molar-refractivity contribution >= 4 is 5.82 Å². The lowest BCUT2D eigenvalue weighted by molar-refractivity contribution is -0.0341. The largest absolute Gasteiger partial charge is 0.383 e. The predicted octanol–water partition coefficient (Wildman–Crippen LogP) is 3.21. The number of nitrogens with two attached hydrogens (primary N) is 1. The van der Waals surface area contributed by atoms with E-state index < -0.39 is 0 Å². The highest BCUT2D eigenvalue weighted by atomic mass is 16.5. The number of hydrogen-bond donors (Lipinski definition) is 1. The Morgan fingerprint density at radius 3 is 2.45 bits per heavy atom. The maximum Gasteiger partial charge on any atom is 0.351 e. The zero-order valence-electron chi connectivity index (χ0n) is 14.6. The Balaban J connectivity index is 2.28. The van der Waals surface area contributed by atoms with Crippen LogP contribution < -0.4 is 11.4 Å². The Labute approximate surface area is 132 Å². The molecule has 2 rings (SSSR count). The van der Waals surface area contributed by atoms with E-state index in [0.717, 1.165) is 12.8 Å². The van der Waals surface area contributed by atoms with Gasteiger partial charge >= 0.3 is 5.69 Å². The first-order chi connectivity index (χ1) is 9.97. The molecule has 0 spiro atoms. The van der Waals surface area contributed by atoms with E-state index in [0.29, 0.717) is 5.92 Å². The average molecular weight is 307 g/mol. The number of aromatic nitrogens is 2. The third-order valence-electron chi connectivity index (χ3n) is 4.32. The molecule has 0 unspecified atom stereocenters. The number of nitrogen functional groups attached to an aromatic ring is 1. The van der Waals surface area contributed by atoms with Gasteiger partial charge in [0.05, 0.1) is 6.10 Å². The minimum Gasteiger partial charge on any atom is -0.383 e. The Morgan fingerprint density at radius 2 is 1.95 bits per heavy atom. The van der Waals surface area contributed by atoms with Crippen LogP contribution in [-0.4, -0.2) is 15.7 Å². The van der Waals surface area contributed by atoms with Crippen LogP contribution in [0.25, 0.3) is 0 Å². The van der Waals surface area contributed by atoms with Gasteiger partial charge in [-0.15, -0.1) is 0 Å². The van der Waals surface area contributed by atoms with E-state index in [1.54, 1.807) is 16.8 Å². The minimum atomic E-state index is -0.339. The van der Waals surface area contributed by atoms with Crippen LogP contribution in [0.1, 0.15) is 60.6 Å². The van der Waals surface area contributed by atoms with Crippen molar-refractivity contribution in [2.45, 2.75) is 66.7 Å². The van der Waals surface area contributed by atoms with Crippen molar-refractivity contribution in [3.05, 3.63) is 22.7 Å². The van der Waals surface area contributed by atoms with Crippen molar-refractivity contribution in [1.29, 1.82) is 0 Å². The monoisotopic (exact) mass is 307 g/mol. The molecule has 1 saturated heterocycles. The molecule has 0 aliphatic carbocycles.